The molecule has 0 fully saturated rings. The fourth-order valence-corrected chi connectivity index (χ4v) is 3.69. The van der Waals surface area contributed by atoms with Gasteiger partial charge in [0, 0.05) is 5.41 Å². The summed E-state index contributed by atoms with van der Waals surface area (Å²) in [7, 11) is 5.97. The zero-order chi connectivity index (χ0) is 22.7. The van der Waals surface area contributed by atoms with E-state index in [1.54, 1.807) is 12.2 Å². The van der Waals surface area contributed by atoms with Crippen molar-refractivity contribution in [2.24, 2.45) is 5.41 Å². The number of hydrogen-bond donors (Lipinski definition) is 0. The van der Waals surface area contributed by atoms with Crippen molar-refractivity contribution >= 4 is 14.8 Å². The first-order valence-electron chi connectivity index (χ1n) is 10.1. The van der Waals surface area contributed by atoms with Gasteiger partial charge in [-0.15, -0.1) is 6.58 Å². The molecule has 1 aliphatic carbocycles. The Balaban J connectivity index is 3.67. The molecule has 1 aliphatic rings. The lowest BCUT2D eigenvalue weighted by Gasteiger charge is -2.32. The third kappa shape index (κ3) is 5.43. The standard InChI is InChI=1S/C27H33B2N/c1-10-15-17-25-23(13-4)24(14-5)26(18-16-11-2)27(25,7)22(12-3)20-19-21(6)29-30(9)28-8/h10-20H,1-2,4-6H2,3,7-9H3/b17-15-,18-16-,20-19-,22-12+. The van der Waals surface area contributed by atoms with E-state index < -0.39 is 0 Å². The number of hydrogen-bond acceptors (Lipinski definition) is 1. The first-order chi connectivity index (χ1) is 14.3. The van der Waals surface area contributed by atoms with Crippen molar-refractivity contribution in [2.75, 3.05) is 7.05 Å². The molecule has 30 heavy (non-hydrogen) atoms. The Hall–Kier alpha value is -2.77. The molecule has 0 N–H and O–H groups in total. The largest absolute Gasteiger partial charge is 0.392 e. The van der Waals surface area contributed by atoms with Gasteiger partial charge >= 0.3 is 0 Å². The van der Waals surface area contributed by atoms with Gasteiger partial charge in [-0.05, 0) is 48.8 Å². The lowest BCUT2D eigenvalue weighted by Crippen LogP contribution is -2.26. The topological polar surface area (TPSA) is 3.24 Å². The van der Waals surface area contributed by atoms with E-state index in [0.29, 0.717) is 0 Å². The zero-order valence-corrected chi connectivity index (χ0v) is 19.0. The van der Waals surface area contributed by atoms with Gasteiger partial charge in [0.05, 0.1) is 0 Å². The van der Waals surface area contributed by atoms with Crippen molar-refractivity contribution in [2.45, 2.75) is 20.7 Å². The maximum atomic E-state index is 4.16. The highest BCUT2D eigenvalue weighted by Crippen LogP contribution is 2.53. The summed E-state index contributed by atoms with van der Waals surface area (Å²) >= 11 is 0. The molecule has 0 amide bonds. The van der Waals surface area contributed by atoms with E-state index in [9.17, 15) is 0 Å². The van der Waals surface area contributed by atoms with Gasteiger partial charge in [0.15, 0.2) is 7.41 Å². The van der Waals surface area contributed by atoms with Gasteiger partial charge in [0.2, 0.25) is 7.41 Å². The molecule has 0 unspecified atom stereocenters. The maximum absolute atomic E-state index is 4.16. The highest BCUT2D eigenvalue weighted by atomic mass is 14.9. The predicted molar refractivity (Wildman–Crippen MR) is 138 cm³/mol. The quantitative estimate of drug-likeness (QED) is 0.264. The van der Waals surface area contributed by atoms with Crippen molar-refractivity contribution in [3.63, 3.8) is 0 Å². The normalized spacial score (nSPS) is 16.8. The van der Waals surface area contributed by atoms with E-state index in [1.807, 2.05) is 63.8 Å². The summed E-state index contributed by atoms with van der Waals surface area (Å²) < 4.78 is 1.99. The Morgan fingerprint density at radius 3 is 1.80 bits per heavy atom. The van der Waals surface area contributed by atoms with Crippen molar-refractivity contribution in [1.82, 2.24) is 4.72 Å². The summed E-state index contributed by atoms with van der Waals surface area (Å²) in [5, 5.41) is 0. The van der Waals surface area contributed by atoms with Crippen LogP contribution in [0.25, 0.3) is 0 Å². The van der Waals surface area contributed by atoms with E-state index >= 15 is 0 Å². The molecule has 0 aromatic carbocycles. The van der Waals surface area contributed by atoms with Gasteiger partial charge in [-0.1, -0.05) is 105 Å². The van der Waals surface area contributed by atoms with Crippen molar-refractivity contribution in [3.05, 3.63) is 133 Å². The monoisotopic (exact) mass is 393 g/mol. The fourth-order valence-electron chi connectivity index (χ4n) is 3.69. The molecule has 0 bridgehead atoms. The fraction of sp³-hybridized carbons (Fsp3) is 0.185. The van der Waals surface area contributed by atoms with Gasteiger partial charge in [0.1, 0.15) is 0 Å². The summed E-state index contributed by atoms with van der Waals surface area (Å²) in [6, 6.07) is 0. The molecule has 152 valence electrons. The Morgan fingerprint density at radius 1 is 0.933 bits per heavy atom. The summed E-state index contributed by atoms with van der Waals surface area (Å²) in [5.74, 6) is 0. The predicted octanol–water partition coefficient (Wildman–Crippen LogP) is 6.69. The van der Waals surface area contributed by atoms with Gasteiger partial charge in [-0.2, -0.15) is 0 Å². The molecule has 2 radical (unpaired) electrons. The average Bonchev–Trinajstić information content (AvgIpc) is 2.97. The van der Waals surface area contributed by atoms with E-state index in [2.05, 4.69) is 71.0 Å². The molecule has 0 aliphatic heterocycles. The third-order valence-corrected chi connectivity index (χ3v) is 5.30. The third-order valence-electron chi connectivity index (χ3n) is 5.30. The van der Waals surface area contributed by atoms with Crippen molar-refractivity contribution < 1.29 is 0 Å². The van der Waals surface area contributed by atoms with Gasteiger partial charge in [-0.3, -0.25) is 0 Å². The summed E-state index contributed by atoms with van der Waals surface area (Å²) in [6.07, 6.45) is 21.9. The van der Waals surface area contributed by atoms with E-state index in [-0.39, 0.29) is 5.41 Å². The summed E-state index contributed by atoms with van der Waals surface area (Å²) in [5.41, 5.74) is 6.15. The van der Waals surface area contributed by atoms with Crippen LogP contribution in [0.1, 0.15) is 13.8 Å². The second kappa shape index (κ2) is 12.0. The van der Waals surface area contributed by atoms with Crippen LogP contribution in [0.5, 0.6) is 0 Å². The molecule has 0 aromatic heterocycles. The molecule has 0 heterocycles. The molecule has 0 saturated carbocycles. The van der Waals surface area contributed by atoms with Crippen molar-refractivity contribution in [3.8, 4) is 0 Å². The number of rotatable bonds is 12. The Kier molecular flexibility index (Phi) is 10.1. The highest BCUT2D eigenvalue weighted by Gasteiger charge is 2.41. The molecular formula is C27H33B2N. The van der Waals surface area contributed by atoms with Crippen LogP contribution in [0.15, 0.2) is 133 Å². The van der Waals surface area contributed by atoms with Gasteiger partial charge in [0.25, 0.3) is 0 Å². The minimum Gasteiger partial charge on any atom is -0.392 e. The zero-order valence-electron chi connectivity index (χ0n) is 19.0. The van der Waals surface area contributed by atoms with Crippen LogP contribution < -0.4 is 0 Å². The smallest absolute Gasteiger partial charge is 0.234 e. The second-order valence-electron chi connectivity index (χ2n) is 7.08. The Bertz CT molecular complexity index is 842. The molecule has 0 aromatic rings. The molecule has 1 rings (SSSR count). The minimum absolute atomic E-state index is 0.389. The average molecular weight is 393 g/mol. The van der Waals surface area contributed by atoms with Crippen LogP contribution in [0.4, 0.5) is 0 Å². The first kappa shape index (κ1) is 25.3. The molecular weight excluding hydrogens is 360 g/mol. The molecule has 0 atom stereocenters. The van der Waals surface area contributed by atoms with Crippen LogP contribution in [-0.4, -0.2) is 26.6 Å². The maximum Gasteiger partial charge on any atom is 0.234 e. The van der Waals surface area contributed by atoms with Crippen LogP contribution in [0.3, 0.4) is 0 Å². The van der Waals surface area contributed by atoms with E-state index in [0.717, 1.165) is 33.3 Å². The highest BCUT2D eigenvalue weighted by molar-refractivity contribution is 6.55. The van der Waals surface area contributed by atoms with Crippen LogP contribution in [-0.2, 0) is 0 Å². The SMILES string of the molecule is C=C/C=C\C1=C(C=C)C(C=C)=C(/C=C\C=C)C1(C)C(/C=C\C(=C)[B]N(C)[B]C)=C/C. The molecule has 0 saturated heterocycles. The van der Waals surface area contributed by atoms with Crippen LogP contribution in [0, 0.1) is 5.41 Å². The molecule has 1 nitrogen and oxygen atoms in total. The molecule has 3 heteroatoms. The lowest BCUT2D eigenvalue weighted by molar-refractivity contribution is 0.626. The molecule has 0 spiro atoms. The Labute approximate surface area is 185 Å². The Morgan fingerprint density at radius 2 is 1.43 bits per heavy atom. The van der Waals surface area contributed by atoms with Crippen LogP contribution >= 0.6 is 0 Å². The number of nitrogens with zero attached hydrogens (tertiary/aromatic N) is 1. The summed E-state index contributed by atoms with van der Waals surface area (Å²) in [6.45, 7) is 26.3. The second-order valence-corrected chi connectivity index (χ2v) is 7.08. The van der Waals surface area contributed by atoms with E-state index in [4.69, 9.17) is 0 Å². The van der Waals surface area contributed by atoms with E-state index in [1.165, 1.54) is 0 Å². The minimum atomic E-state index is -0.389. The first-order valence-corrected chi connectivity index (χ1v) is 10.1. The van der Waals surface area contributed by atoms with Gasteiger partial charge < -0.3 is 4.72 Å². The summed E-state index contributed by atoms with van der Waals surface area (Å²) in [4.78, 5) is 0. The lowest BCUT2D eigenvalue weighted by atomic mass is 9.69. The number of allylic oxidation sites excluding steroid dienone is 17. The van der Waals surface area contributed by atoms with Crippen LogP contribution in [0.2, 0.25) is 6.82 Å². The van der Waals surface area contributed by atoms with Gasteiger partial charge in [-0.25, -0.2) is 0 Å². The van der Waals surface area contributed by atoms with Crippen molar-refractivity contribution in [1.29, 1.82) is 0 Å².